The maximum atomic E-state index is 13.6. The lowest BCUT2D eigenvalue weighted by atomic mass is 9.94. The summed E-state index contributed by atoms with van der Waals surface area (Å²) in [5.74, 6) is -1.83. The molecule has 0 saturated heterocycles. The standard InChI is InChI=1S/C24H17N3O8/c1-12-9-18(25-35-12)26-20(13-5-3-7-15(10-13)27(31)32)19(22(29)24(26)30)21(28)17-11-14-6-4-8-16(33-2)23(14)34-17/h3-11,20,29H,1-2H3. The van der Waals surface area contributed by atoms with Gasteiger partial charge in [0.05, 0.1) is 23.6 Å². The van der Waals surface area contributed by atoms with E-state index in [1.165, 1.54) is 43.5 Å². The summed E-state index contributed by atoms with van der Waals surface area (Å²) in [5.41, 5.74) is -0.0278. The van der Waals surface area contributed by atoms with E-state index in [0.29, 0.717) is 22.5 Å². The number of nitrogens with zero attached hydrogens (tertiary/aromatic N) is 3. The molecule has 1 amide bonds. The minimum atomic E-state index is -1.23. The number of aliphatic hydroxyl groups is 1. The molecule has 11 nitrogen and oxygen atoms in total. The molecule has 176 valence electrons. The number of ketones is 1. The number of ether oxygens (including phenoxy) is 1. The summed E-state index contributed by atoms with van der Waals surface area (Å²) in [6, 6.07) is 12.2. The number of para-hydroxylation sites is 1. The van der Waals surface area contributed by atoms with Crippen LogP contribution in [0.4, 0.5) is 11.5 Å². The molecule has 0 bridgehead atoms. The Morgan fingerprint density at radius 1 is 1.20 bits per heavy atom. The van der Waals surface area contributed by atoms with Crippen LogP contribution in [0.1, 0.15) is 27.9 Å². The summed E-state index contributed by atoms with van der Waals surface area (Å²) in [6.07, 6.45) is 0. The van der Waals surface area contributed by atoms with Crippen molar-refractivity contribution >= 4 is 34.2 Å². The van der Waals surface area contributed by atoms with E-state index in [1.807, 2.05) is 0 Å². The van der Waals surface area contributed by atoms with Crippen LogP contribution in [0.3, 0.4) is 0 Å². The van der Waals surface area contributed by atoms with Crippen molar-refractivity contribution < 1.29 is 33.3 Å². The number of aromatic nitrogens is 1. The number of aryl methyl sites for hydroxylation is 1. The third-order valence-electron chi connectivity index (χ3n) is 5.66. The van der Waals surface area contributed by atoms with Gasteiger partial charge in [0.1, 0.15) is 5.76 Å². The molecule has 1 aliphatic heterocycles. The minimum Gasteiger partial charge on any atom is -0.503 e. The number of nitro groups is 1. The number of Topliss-reactive ketones (excluding diaryl/α,β-unsaturated/α-hetero) is 1. The Bertz CT molecular complexity index is 1550. The van der Waals surface area contributed by atoms with Gasteiger partial charge in [-0.1, -0.05) is 29.4 Å². The summed E-state index contributed by atoms with van der Waals surface area (Å²) in [4.78, 5) is 38.6. The second-order valence-electron chi connectivity index (χ2n) is 7.81. The topological polar surface area (TPSA) is 149 Å². The highest BCUT2D eigenvalue weighted by Gasteiger charge is 2.46. The van der Waals surface area contributed by atoms with E-state index >= 15 is 0 Å². The number of carbonyl (C=O) groups excluding carboxylic acids is 2. The van der Waals surface area contributed by atoms with Crippen LogP contribution in [0.25, 0.3) is 11.0 Å². The van der Waals surface area contributed by atoms with Crippen LogP contribution in [-0.4, -0.2) is 34.0 Å². The number of methoxy groups -OCH3 is 1. The second-order valence-corrected chi connectivity index (χ2v) is 7.81. The van der Waals surface area contributed by atoms with Crippen molar-refractivity contribution in [1.82, 2.24) is 5.16 Å². The number of anilines is 1. The zero-order chi connectivity index (χ0) is 24.9. The van der Waals surface area contributed by atoms with E-state index < -0.39 is 28.4 Å². The first kappa shape index (κ1) is 21.9. The third kappa shape index (κ3) is 3.50. The Hall–Kier alpha value is -4.93. The maximum absolute atomic E-state index is 13.6. The fourth-order valence-electron chi connectivity index (χ4n) is 4.11. The molecule has 2 aromatic heterocycles. The Kier molecular flexibility index (Phi) is 5.09. The first-order chi connectivity index (χ1) is 16.8. The number of hydrogen-bond donors (Lipinski definition) is 1. The van der Waals surface area contributed by atoms with E-state index in [4.69, 9.17) is 13.7 Å². The van der Waals surface area contributed by atoms with Crippen LogP contribution in [-0.2, 0) is 4.79 Å². The zero-order valence-corrected chi connectivity index (χ0v) is 18.4. The van der Waals surface area contributed by atoms with Crippen molar-refractivity contribution in [3.63, 3.8) is 0 Å². The monoisotopic (exact) mass is 475 g/mol. The molecule has 1 aliphatic rings. The molecule has 3 heterocycles. The fraction of sp³-hybridized carbons (Fsp3) is 0.125. The van der Waals surface area contributed by atoms with Crippen molar-refractivity contribution in [3.8, 4) is 5.75 Å². The van der Waals surface area contributed by atoms with Crippen molar-refractivity contribution in [3.05, 3.63) is 93.1 Å². The number of nitro benzene ring substituents is 1. The first-order valence-corrected chi connectivity index (χ1v) is 10.4. The average Bonchev–Trinajstić information content (AvgIpc) is 3.55. The first-order valence-electron chi connectivity index (χ1n) is 10.4. The lowest BCUT2D eigenvalue weighted by Crippen LogP contribution is -2.31. The van der Waals surface area contributed by atoms with Crippen molar-refractivity contribution in [2.24, 2.45) is 0 Å². The molecular formula is C24H17N3O8. The molecule has 1 atom stereocenters. The van der Waals surface area contributed by atoms with E-state index in [-0.39, 0.29) is 28.4 Å². The Morgan fingerprint density at radius 2 is 1.97 bits per heavy atom. The van der Waals surface area contributed by atoms with Gasteiger partial charge in [0, 0.05) is 23.6 Å². The number of carbonyl (C=O) groups is 2. The molecule has 0 aliphatic carbocycles. The minimum absolute atomic E-state index is 0.0321. The number of furan rings is 1. The van der Waals surface area contributed by atoms with Crippen LogP contribution in [0.15, 0.2) is 74.9 Å². The van der Waals surface area contributed by atoms with Gasteiger partial charge in [-0.05, 0) is 24.6 Å². The molecular weight excluding hydrogens is 458 g/mol. The van der Waals surface area contributed by atoms with Crippen LogP contribution in [0.2, 0.25) is 0 Å². The highest BCUT2D eigenvalue weighted by Crippen LogP contribution is 2.43. The molecule has 5 rings (SSSR count). The molecule has 0 saturated carbocycles. The van der Waals surface area contributed by atoms with E-state index in [2.05, 4.69) is 5.16 Å². The Labute approximate surface area is 196 Å². The maximum Gasteiger partial charge on any atom is 0.295 e. The van der Waals surface area contributed by atoms with E-state index in [9.17, 15) is 24.8 Å². The quantitative estimate of drug-likeness (QED) is 0.243. The SMILES string of the molecule is COc1cccc2cc(C(=O)C3=C(O)C(=O)N(c4cc(C)on4)C3c3cccc([N+](=O)[O-])c3)oc12. The van der Waals surface area contributed by atoms with Gasteiger partial charge in [-0.2, -0.15) is 0 Å². The molecule has 1 N–H and O–H groups in total. The Balaban J connectivity index is 1.68. The zero-order valence-electron chi connectivity index (χ0n) is 18.4. The number of amides is 1. The number of aliphatic hydroxyl groups excluding tert-OH is 1. The molecule has 4 aromatic rings. The van der Waals surface area contributed by atoms with Crippen LogP contribution >= 0.6 is 0 Å². The van der Waals surface area contributed by atoms with Gasteiger partial charge >= 0.3 is 0 Å². The van der Waals surface area contributed by atoms with Gasteiger partial charge in [-0.15, -0.1) is 0 Å². The summed E-state index contributed by atoms with van der Waals surface area (Å²) >= 11 is 0. The normalized spacial score (nSPS) is 15.8. The van der Waals surface area contributed by atoms with Gasteiger partial charge < -0.3 is 18.8 Å². The predicted molar refractivity (Wildman–Crippen MR) is 121 cm³/mol. The molecule has 0 spiro atoms. The van der Waals surface area contributed by atoms with Gasteiger partial charge in [0.15, 0.2) is 28.7 Å². The summed E-state index contributed by atoms with van der Waals surface area (Å²) in [6.45, 7) is 1.61. The number of benzene rings is 2. The van der Waals surface area contributed by atoms with Crippen LogP contribution < -0.4 is 9.64 Å². The molecule has 11 heteroatoms. The van der Waals surface area contributed by atoms with Crippen molar-refractivity contribution in [1.29, 1.82) is 0 Å². The average molecular weight is 475 g/mol. The molecule has 0 radical (unpaired) electrons. The highest BCUT2D eigenvalue weighted by molar-refractivity contribution is 6.20. The van der Waals surface area contributed by atoms with Crippen molar-refractivity contribution in [2.75, 3.05) is 12.0 Å². The highest BCUT2D eigenvalue weighted by atomic mass is 16.6. The third-order valence-corrected chi connectivity index (χ3v) is 5.66. The van der Waals surface area contributed by atoms with E-state index in [0.717, 1.165) is 4.90 Å². The number of non-ortho nitro benzene ring substituents is 1. The van der Waals surface area contributed by atoms with E-state index in [1.54, 1.807) is 25.1 Å². The molecule has 1 unspecified atom stereocenters. The molecule has 0 fully saturated rings. The van der Waals surface area contributed by atoms with Gasteiger partial charge in [0.25, 0.3) is 11.6 Å². The Morgan fingerprint density at radius 3 is 2.66 bits per heavy atom. The van der Waals surface area contributed by atoms with Crippen LogP contribution in [0.5, 0.6) is 5.75 Å². The summed E-state index contributed by atoms with van der Waals surface area (Å²) in [7, 11) is 1.46. The number of fused-ring (bicyclic) bond motifs is 1. The van der Waals surface area contributed by atoms with Crippen LogP contribution in [0, 0.1) is 17.0 Å². The van der Waals surface area contributed by atoms with Crippen molar-refractivity contribution in [2.45, 2.75) is 13.0 Å². The number of rotatable bonds is 6. The largest absolute Gasteiger partial charge is 0.503 e. The lowest BCUT2D eigenvalue weighted by Gasteiger charge is -2.24. The smallest absolute Gasteiger partial charge is 0.295 e. The number of hydrogen-bond acceptors (Lipinski definition) is 9. The summed E-state index contributed by atoms with van der Waals surface area (Å²) in [5, 5.41) is 26.6. The second kappa shape index (κ2) is 8.13. The molecule has 35 heavy (non-hydrogen) atoms. The van der Waals surface area contributed by atoms with Gasteiger partial charge in [0.2, 0.25) is 5.78 Å². The lowest BCUT2D eigenvalue weighted by molar-refractivity contribution is -0.384. The summed E-state index contributed by atoms with van der Waals surface area (Å²) < 4.78 is 16.1. The van der Waals surface area contributed by atoms with Gasteiger partial charge in [-0.25, -0.2) is 0 Å². The molecule has 2 aromatic carbocycles. The fourth-order valence-corrected chi connectivity index (χ4v) is 4.11. The predicted octanol–water partition coefficient (Wildman–Crippen LogP) is 4.43. The van der Waals surface area contributed by atoms with Gasteiger partial charge in [-0.3, -0.25) is 24.6 Å².